The van der Waals surface area contributed by atoms with Crippen molar-refractivity contribution >= 4 is 51.2 Å². The van der Waals surface area contributed by atoms with Crippen LogP contribution in [0.3, 0.4) is 0 Å². The number of halogens is 1. The molecular weight excluding hydrogens is 545 g/mol. The summed E-state index contributed by atoms with van der Waals surface area (Å²) in [6, 6.07) is 11.5. The van der Waals surface area contributed by atoms with Gasteiger partial charge in [0.2, 0.25) is 11.0 Å². The number of aromatic nitrogens is 2. The summed E-state index contributed by atoms with van der Waals surface area (Å²) in [7, 11) is 1.57. The van der Waals surface area contributed by atoms with Gasteiger partial charge in [-0.3, -0.25) is 4.79 Å². The van der Waals surface area contributed by atoms with E-state index in [4.69, 9.17) is 19.9 Å². The maximum Gasteiger partial charge on any atom is 0.247 e. The Kier molecular flexibility index (Phi) is 8.62. The van der Waals surface area contributed by atoms with Gasteiger partial charge in [0.25, 0.3) is 0 Å². The Balaban J connectivity index is 1.54. The van der Waals surface area contributed by atoms with Crippen LogP contribution in [0.25, 0.3) is 0 Å². The van der Waals surface area contributed by atoms with E-state index in [1.807, 2.05) is 37.3 Å². The van der Waals surface area contributed by atoms with Crippen molar-refractivity contribution in [2.75, 3.05) is 26.1 Å². The molecule has 11 heteroatoms. The molecule has 0 bridgehead atoms. The topological polar surface area (TPSA) is 121 Å². The molecule has 3 aromatic rings. The molecule has 1 aromatic heterocycles. The van der Waals surface area contributed by atoms with Gasteiger partial charge in [0.1, 0.15) is 24.0 Å². The van der Waals surface area contributed by atoms with Crippen LogP contribution in [0, 0.1) is 10.5 Å². The molecule has 0 saturated carbocycles. The predicted molar refractivity (Wildman–Crippen MR) is 132 cm³/mol. The standard InChI is InChI=1S/C21H22IN5O4S/c1-13-5-3-4-6-16(13)30-7-8-31-20-15(22)9-14(10-17(20)29-2)12-24-25-18(28)11-19-26-27-21(23)32-19/h3-6,9-10,12H,7-8,11H2,1-2H3,(H2,23,27)(H,25,28)/b24-12+. The van der Waals surface area contributed by atoms with Gasteiger partial charge in [0, 0.05) is 0 Å². The number of para-hydroxylation sites is 1. The highest BCUT2D eigenvalue weighted by Crippen LogP contribution is 2.33. The summed E-state index contributed by atoms with van der Waals surface area (Å²) in [5.74, 6) is 1.70. The summed E-state index contributed by atoms with van der Waals surface area (Å²) in [6.07, 6.45) is 1.59. The summed E-state index contributed by atoms with van der Waals surface area (Å²) in [6.45, 7) is 2.76. The maximum atomic E-state index is 11.9. The number of benzene rings is 2. The fraction of sp³-hybridized carbons (Fsp3) is 0.238. The molecule has 1 amide bonds. The smallest absolute Gasteiger partial charge is 0.247 e. The van der Waals surface area contributed by atoms with E-state index in [1.165, 1.54) is 6.21 Å². The molecule has 168 valence electrons. The molecule has 0 fully saturated rings. The van der Waals surface area contributed by atoms with Gasteiger partial charge in [-0.15, -0.1) is 10.2 Å². The second-order valence-corrected chi connectivity index (χ2v) is 8.76. The Bertz CT molecular complexity index is 1110. The third-order valence-corrected chi connectivity index (χ3v) is 5.68. The first-order valence-corrected chi connectivity index (χ1v) is 11.4. The van der Waals surface area contributed by atoms with E-state index >= 15 is 0 Å². The first kappa shape index (κ1) is 23.7. The van der Waals surface area contributed by atoms with E-state index in [2.05, 4.69) is 43.3 Å². The number of nitrogens with one attached hydrogen (secondary N) is 1. The number of rotatable bonds is 10. The van der Waals surface area contributed by atoms with Crippen LogP contribution in [-0.4, -0.2) is 42.6 Å². The van der Waals surface area contributed by atoms with E-state index in [9.17, 15) is 4.79 Å². The number of anilines is 1. The Hall–Kier alpha value is -2.93. The average Bonchev–Trinajstić information content (AvgIpc) is 3.17. The Morgan fingerprint density at radius 3 is 2.72 bits per heavy atom. The molecule has 0 saturated heterocycles. The van der Waals surface area contributed by atoms with Crippen LogP contribution >= 0.6 is 33.9 Å². The SMILES string of the molecule is COc1cc(/C=N/NC(=O)Cc2nnc(N)s2)cc(I)c1OCCOc1ccccc1C. The van der Waals surface area contributed by atoms with Crippen molar-refractivity contribution in [3.63, 3.8) is 0 Å². The molecule has 2 aromatic carbocycles. The molecule has 0 aliphatic heterocycles. The molecule has 0 radical (unpaired) electrons. The van der Waals surface area contributed by atoms with Gasteiger partial charge in [-0.05, 0) is 58.8 Å². The van der Waals surface area contributed by atoms with Crippen LogP contribution in [0.4, 0.5) is 5.13 Å². The minimum absolute atomic E-state index is 0.0599. The molecule has 0 aliphatic carbocycles. The number of carbonyl (C=O) groups is 1. The third kappa shape index (κ3) is 6.79. The van der Waals surface area contributed by atoms with E-state index < -0.39 is 0 Å². The molecule has 3 N–H and O–H groups in total. The van der Waals surface area contributed by atoms with Crippen LogP contribution in [0.5, 0.6) is 17.2 Å². The molecule has 0 aliphatic rings. The fourth-order valence-corrected chi connectivity index (χ4v) is 4.05. The van der Waals surface area contributed by atoms with E-state index in [-0.39, 0.29) is 12.3 Å². The summed E-state index contributed by atoms with van der Waals surface area (Å²) in [5.41, 5.74) is 9.79. The lowest BCUT2D eigenvalue weighted by molar-refractivity contribution is -0.120. The second-order valence-electron chi connectivity index (χ2n) is 6.50. The van der Waals surface area contributed by atoms with Crippen molar-refractivity contribution in [2.45, 2.75) is 13.3 Å². The van der Waals surface area contributed by atoms with Crippen LogP contribution in [0.1, 0.15) is 16.1 Å². The van der Waals surface area contributed by atoms with Gasteiger partial charge in [-0.25, -0.2) is 5.43 Å². The zero-order chi connectivity index (χ0) is 22.9. The van der Waals surface area contributed by atoms with Crippen molar-refractivity contribution in [2.24, 2.45) is 5.10 Å². The normalized spacial score (nSPS) is 10.8. The predicted octanol–water partition coefficient (Wildman–Crippen LogP) is 3.19. The van der Waals surface area contributed by atoms with E-state index in [0.717, 1.165) is 31.8 Å². The van der Waals surface area contributed by atoms with Gasteiger partial charge in [0.15, 0.2) is 11.5 Å². The molecule has 3 rings (SSSR count). The number of amides is 1. The molecular formula is C21H22IN5O4S. The van der Waals surface area contributed by atoms with Gasteiger partial charge < -0.3 is 19.9 Å². The third-order valence-electron chi connectivity index (χ3n) is 4.13. The largest absolute Gasteiger partial charge is 0.493 e. The quantitative estimate of drug-likeness (QED) is 0.167. The number of ether oxygens (including phenoxy) is 3. The molecule has 0 spiro atoms. The minimum Gasteiger partial charge on any atom is -0.493 e. The van der Waals surface area contributed by atoms with Crippen LogP contribution in [-0.2, 0) is 11.2 Å². The van der Waals surface area contributed by atoms with Gasteiger partial charge in [-0.1, -0.05) is 29.5 Å². The monoisotopic (exact) mass is 567 g/mol. The zero-order valence-corrected chi connectivity index (χ0v) is 20.5. The van der Waals surface area contributed by atoms with Crippen molar-refractivity contribution in [1.29, 1.82) is 0 Å². The fourth-order valence-electron chi connectivity index (χ4n) is 2.66. The molecule has 1 heterocycles. The highest BCUT2D eigenvalue weighted by atomic mass is 127. The second kappa shape index (κ2) is 11.6. The lowest BCUT2D eigenvalue weighted by Crippen LogP contribution is -2.19. The Morgan fingerprint density at radius 1 is 1.22 bits per heavy atom. The number of nitrogens with zero attached hydrogens (tertiary/aromatic N) is 3. The number of hydrogen-bond donors (Lipinski definition) is 2. The van der Waals surface area contributed by atoms with Gasteiger partial charge in [0.05, 0.1) is 23.3 Å². The number of methoxy groups -OCH3 is 1. The number of carbonyl (C=O) groups excluding carboxylic acids is 1. The van der Waals surface area contributed by atoms with Crippen LogP contribution < -0.4 is 25.4 Å². The number of hydrogen-bond acceptors (Lipinski definition) is 9. The zero-order valence-electron chi connectivity index (χ0n) is 17.5. The van der Waals surface area contributed by atoms with Crippen LogP contribution in [0.2, 0.25) is 0 Å². The van der Waals surface area contributed by atoms with Crippen molar-refractivity contribution in [3.8, 4) is 17.2 Å². The molecule has 32 heavy (non-hydrogen) atoms. The van der Waals surface area contributed by atoms with Crippen LogP contribution in [0.15, 0.2) is 41.5 Å². The lowest BCUT2D eigenvalue weighted by Gasteiger charge is -2.14. The summed E-state index contributed by atoms with van der Waals surface area (Å²) in [4.78, 5) is 11.9. The number of nitrogen functional groups attached to an aromatic ring is 1. The van der Waals surface area contributed by atoms with Gasteiger partial charge >= 0.3 is 0 Å². The minimum atomic E-state index is -0.312. The Labute approximate surface area is 203 Å². The summed E-state index contributed by atoms with van der Waals surface area (Å²) < 4.78 is 18.0. The highest BCUT2D eigenvalue weighted by Gasteiger charge is 2.12. The highest BCUT2D eigenvalue weighted by molar-refractivity contribution is 14.1. The molecule has 9 nitrogen and oxygen atoms in total. The first-order valence-electron chi connectivity index (χ1n) is 9.54. The molecule has 0 unspecified atom stereocenters. The van der Waals surface area contributed by atoms with Crippen molar-refractivity contribution in [1.82, 2.24) is 15.6 Å². The average molecular weight is 567 g/mol. The van der Waals surface area contributed by atoms with Crippen molar-refractivity contribution in [3.05, 3.63) is 56.1 Å². The van der Waals surface area contributed by atoms with Crippen molar-refractivity contribution < 1.29 is 19.0 Å². The first-order chi connectivity index (χ1) is 15.5. The van der Waals surface area contributed by atoms with Gasteiger partial charge in [-0.2, -0.15) is 5.10 Å². The summed E-state index contributed by atoms with van der Waals surface area (Å²) in [5, 5.41) is 12.3. The van der Waals surface area contributed by atoms with E-state index in [0.29, 0.717) is 34.9 Å². The summed E-state index contributed by atoms with van der Waals surface area (Å²) >= 11 is 3.33. The maximum absolute atomic E-state index is 11.9. The lowest BCUT2D eigenvalue weighted by atomic mass is 10.2. The number of aryl methyl sites for hydroxylation is 1. The number of hydrazone groups is 1. The Morgan fingerprint density at radius 2 is 2.00 bits per heavy atom. The molecule has 0 atom stereocenters. The number of nitrogens with two attached hydrogens (primary N) is 1. The van der Waals surface area contributed by atoms with E-state index in [1.54, 1.807) is 13.2 Å².